The fraction of sp³-hybridized carbons (Fsp3) is 0.250. The van der Waals surface area contributed by atoms with Crippen LogP contribution < -0.4 is 9.64 Å². The maximum absolute atomic E-state index is 13.0. The summed E-state index contributed by atoms with van der Waals surface area (Å²) in [6.45, 7) is 2.06. The number of thiocarbonyl (C=S) groups is 1. The largest absolute Gasteiger partial charge is 0.439 e. The SMILES string of the molecule is CCN1/C(=C/C=C2/SC(=S)N(C[P+](O)(O)O)C2=O)Oc2ccc(C(F)(F)F)cc21. The van der Waals surface area contributed by atoms with E-state index in [1.807, 2.05) is 0 Å². The molecule has 0 spiro atoms. The van der Waals surface area contributed by atoms with Crippen molar-refractivity contribution in [1.29, 1.82) is 0 Å². The average molecular weight is 467 g/mol. The number of fused-ring (bicyclic) bond motifs is 1. The topological polar surface area (TPSA) is 93.5 Å². The first kappa shape index (κ1) is 22.0. The number of carbonyl (C=O) groups is 1. The number of hydrogen-bond acceptors (Lipinski definition) is 8. The molecule has 0 aliphatic carbocycles. The number of hydrogen-bond donors (Lipinski definition) is 3. The average Bonchev–Trinajstić information content (AvgIpc) is 3.09. The van der Waals surface area contributed by atoms with E-state index in [-0.39, 0.29) is 26.5 Å². The highest BCUT2D eigenvalue weighted by molar-refractivity contribution is 8.26. The number of nitrogens with zero attached hydrogens (tertiary/aromatic N) is 2. The Kier molecular flexibility index (Phi) is 5.96. The Morgan fingerprint density at radius 2 is 1.93 bits per heavy atom. The molecule has 1 fully saturated rings. The van der Waals surface area contributed by atoms with E-state index in [1.165, 1.54) is 23.1 Å². The number of amides is 1. The number of alkyl halides is 3. The van der Waals surface area contributed by atoms with Gasteiger partial charge in [-0.15, -0.1) is 0 Å². The summed E-state index contributed by atoms with van der Waals surface area (Å²) < 4.78 is 44.6. The number of thioether (sulfide) groups is 1. The van der Waals surface area contributed by atoms with Gasteiger partial charge in [-0.25, -0.2) is 0 Å². The number of rotatable bonds is 4. The third kappa shape index (κ3) is 4.73. The molecule has 29 heavy (non-hydrogen) atoms. The van der Waals surface area contributed by atoms with Crippen LogP contribution in [0, 0.1) is 0 Å². The summed E-state index contributed by atoms with van der Waals surface area (Å²) in [6.07, 6.45) is -2.41. The van der Waals surface area contributed by atoms with E-state index >= 15 is 0 Å². The lowest BCUT2D eigenvalue weighted by atomic mass is 10.1. The second kappa shape index (κ2) is 7.86. The van der Waals surface area contributed by atoms with E-state index in [4.69, 9.17) is 17.0 Å². The molecule has 0 bridgehead atoms. The number of carbonyl (C=O) groups excluding carboxylic acids is 1. The molecule has 1 saturated heterocycles. The predicted molar refractivity (Wildman–Crippen MR) is 107 cm³/mol. The van der Waals surface area contributed by atoms with Crippen LogP contribution in [0.2, 0.25) is 0 Å². The maximum atomic E-state index is 13.0. The van der Waals surface area contributed by atoms with Crippen molar-refractivity contribution in [3.8, 4) is 5.75 Å². The van der Waals surface area contributed by atoms with Gasteiger partial charge in [0.1, 0.15) is 0 Å². The standard InChI is InChI=1S/C16H15F3N2O5PS2/c1-2-20-10-7-9(16(17,18)19)3-4-11(10)26-13(20)6-5-12-14(22)21(15(28)29-12)8-27(23,24)25/h3-7,23-25H,2,8H2,1H3/q+1/b12-5+,13-6-. The number of anilines is 1. The van der Waals surface area contributed by atoms with Crippen LogP contribution in [0.15, 0.2) is 41.1 Å². The van der Waals surface area contributed by atoms with Gasteiger partial charge in [-0.3, -0.25) is 9.69 Å². The summed E-state index contributed by atoms with van der Waals surface area (Å²) in [5, 5.41) is 0. The van der Waals surface area contributed by atoms with Gasteiger partial charge >= 0.3 is 14.1 Å². The maximum Gasteiger partial charge on any atom is 0.425 e. The second-order valence-electron chi connectivity index (χ2n) is 6.00. The molecule has 1 amide bonds. The molecule has 2 aliphatic rings. The predicted octanol–water partition coefficient (Wildman–Crippen LogP) is 3.21. The molecule has 0 saturated carbocycles. The van der Waals surface area contributed by atoms with Crippen molar-refractivity contribution < 1.29 is 37.4 Å². The van der Waals surface area contributed by atoms with Crippen LogP contribution in [0.1, 0.15) is 12.5 Å². The van der Waals surface area contributed by atoms with Crippen LogP contribution >= 0.6 is 31.9 Å². The third-order valence-electron chi connectivity index (χ3n) is 3.96. The number of ether oxygens (including phenoxy) is 1. The Hall–Kier alpha value is -1.69. The first-order valence-electron chi connectivity index (χ1n) is 8.09. The van der Waals surface area contributed by atoms with Crippen molar-refractivity contribution in [3.63, 3.8) is 0 Å². The highest BCUT2D eigenvalue weighted by Crippen LogP contribution is 2.48. The summed E-state index contributed by atoms with van der Waals surface area (Å²) in [6, 6.07) is 3.15. The minimum atomic E-state index is -4.49. The van der Waals surface area contributed by atoms with Crippen molar-refractivity contribution in [2.24, 2.45) is 0 Å². The quantitative estimate of drug-likeness (QED) is 0.353. The molecule has 1 aromatic carbocycles. The molecule has 2 aliphatic heterocycles. The van der Waals surface area contributed by atoms with Crippen molar-refractivity contribution in [1.82, 2.24) is 4.90 Å². The lowest BCUT2D eigenvalue weighted by Gasteiger charge is -2.16. The summed E-state index contributed by atoms with van der Waals surface area (Å²) in [5.74, 6) is -0.154. The Bertz CT molecular complexity index is 930. The summed E-state index contributed by atoms with van der Waals surface area (Å²) >= 11 is 5.90. The van der Waals surface area contributed by atoms with Crippen LogP contribution in [0.3, 0.4) is 0 Å². The lowest BCUT2D eigenvalue weighted by molar-refractivity contribution is -0.137. The summed E-state index contributed by atoms with van der Waals surface area (Å²) in [5.41, 5.74) is -0.547. The highest BCUT2D eigenvalue weighted by Gasteiger charge is 2.42. The molecule has 3 rings (SSSR count). The molecule has 1 aromatic rings. The van der Waals surface area contributed by atoms with Crippen LogP contribution in [-0.2, 0) is 11.0 Å². The molecule has 0 radical (unpaired) electrons. The Morgan fingerprint density at radius 3 is 2.52 bits per heavy atom. The molecule has 2 heterocycles. The Morgan fingerprint density at radius 1 is 1.24 bits per heavy atom. The monoisotopic (exact) mass is 467 g/mol. The van der Waals surface area contributed by atoms with Gasteiger partial charge < -0.3 is 9.64 Å². The van der Waals surface area contributed by atoms with E-state index in [0.29, 0.717) is 6.54 Å². The van der Waals surface area contributed by atoms with E-state index < -0.39 is 31.9 Å². The van der Waals surface area contributed by atoms with E-state index in [9.17, 15) is 32.6 Å². The Balaban J connectivity index is 1.85. The molecular formula is C16H15F3N2O5PS2+. The molecular weight excluding hydrogens is 452 g/mol. The van der Waals surface area contributed by atoms with Crippen molar-refractivity contribution in [3.05, 3.63) is 46.7 Å². The summed E-state index contributed by atoms with van der Waals surface area (Å²) in [7, 11) is -4.24. The normalized spacial score (nSPS) is 20.1. The zero-order chi connectivity index (χ0) is 21.6. The molecule has 0 unspecified atom stereocenters. The molecule has 13 heteroatoms. The zero-order valence-electron chi connectivity index (χ0n) is 14.8. The van der Waals surface area contributed by atoms with Crippen LogP contribution in [0.25, 0.3) is 0 Å². The van der Waals surface area contributed by atoms with Gasteiger partial charge in [0.15, 0.2) is 10.1 Å². The molecule has 156 valence electrons. The highest BCUT2D eigenvalue weighted by atomic mass is 32.2. The first-order valence-corrected chi connectivity index (χ1v) is 11.1. The number of allylic oxidation sites excluding steroid dienone is 2. The Labute approximate surface area is 173 Å². The van der Waals surface area contributed by atoms with Gasteiger partial charge in [0.25, 0.3) is 5.91 Å². The van der Waals surface area contributed by atoms with Crippen LogP contribution in [0.5, 0.6) is 5.75 Å². The molecule has 3 N–H and O–H groups in total. The lowest BCUT2D eigenvalue weighted by Crippen LogP contribution is -2.30. The zero-order valence-corrected chi connectivity index (χ0v) is 17.3. The molecule has 7 nitrogen and oxygen atoms in total. The van der Waals surface area contributed by atoms with Crippen LogP contribution in [-0.4, -0.2) is 42.6 Å². The number of benzene rings is 1. The van der Waals surface area contributed by atoms with Crippen molar-refractivity contribution in [2.75, 3.05) is 17.7 Å². The minimum Gasteiger partial charge on any atom is -0.439 e. The molecule has 0 aromatic heterocycles. The number of halogens is 3. The fourth-order valence-corrected chi connectivity index (χ4v) is 4.74. The first-order chi connectivity index (χ1) is 13.4. The fourth-order valence-electron chi connectivity index (χ4n) is 2.70. The third-order valence-corrected chi connectivity index (χ3v) is 6.01. The smallest absolute Gasteiger partial charge is 0.425 e. The van der Waals surface area contributed by atoms with Gasteiger partial charge in [0, 0.05) is 12.6 Å². The van der Waals surface area contributed by atoms with Crippen molar-refractivity contribution in [2.45, 2.75) is 13.1 Å². The van der Waals surface area contributed by atoms with E-state index in [2.05, 4.69) is 0 Å². The van der Waals surface area contributed by atoms with Gasteiger partial charge in [0.05, 0.1) is 16.2 Å². The second-order valence-corrected chi connectivity index (χ2v) is 9.34. The van der Waals surface area contributed by atoms with Gasteiger partial charge in [-0.05, 0) is 31.2 Å². The minimum absolute atomic E-state index is 0.0407. The van der Waals surface area contributed by atoms with E-state index in [1.54, 1.807) is 6.92 Å². The summed E-state index contributed by atoms with van der Waals surface area (Å²) in [4.78, 5) is 42.4. The van der Waals surface area contributed by atoms with Gasteiger partial charge in [0.2, 0.25) is 12.2 Å². The van der Waals surface area contributed by atoms with E-state index in [0.717, 1.165) is 28.8 Å². The van der Waals surface area contributed by atoms with Gasteiger partial charge in [-0.2, -0.15) is 27.9 Å². The molecule has 0 atom stereocenters. The van der Waals surface area contributed by atoms with Crippen molar-refractivity contribution >= 4 is 47.8 Å². The van der Waals surface area contributed by atoms with Crippen LogP contribution in [0.4, 0.5) is 18.9 Å². The van der Waals surface area contributed by atoms with Gasteiger partial charge in [-0.1, -0.05) is 24.0 Å².